The van der Waals surface area contributed by atoms with E-state index in [0.29, 0.717) is 43.5 Å². The van der Waals surface area contributed by atoms with Gasteiger partial charge in [-0.1, -0.05) is 11.8 Å². The number of rotatable bonds is 5. The maximum Gasteiger partial charge on any atom is 0.309 e. The van der Waals surface area contributed by atoms with Gasteiger partial charge in [-0.05, 0) is 32.8 Å². The molecular weight excluding hydrogens is 342 g/mol. The van der Waals surface area contributed by atoms with Crippen LogP contribution in [0.4, 0.5) is 0 Å². The van der Waals surface area contributed by atoms with Gasteiger partial charge in [0.25, 0.3) is 5.78 Å². The highest BCUT2D eigenvalue weighted by Gasteiger charge is 2.30. The lowest BCUT2D eigenvalue weighted by atomic mass is 9.97. The van der Waals surface area contributed by atoms with Crippen molar-refractivity contribution in [2.75, 3.05) is 19.7 Å². The van der Waals surface area contributed by atoms with Crippen molar-refractivity contribution in [3.05, 3.63) is 18.5 Å². The van der Waals surface area contributed by atoms with Crippen molar-refractivity contribution in [2.45, 2.75) is 37.1 Å². The molecule has 1 fully saturated rings. The summed E-state index contributed by atoms with van der Waals surface area (Å²) in [7, 11) is 0. The fourth-order valence-corrected chi connectivity index (χ4v) is 3.66. The second-order valence-electron chi connectivity index (χ2n) is 5.87. The van der Waals surface area contributed by atoms with Gasteiger partial charge >= 0.3 is 5.97 Å². The summed E-state index contributed by atoms with van der Waals surface area (Å²) in [4.78, 5) is 34.6. The van der Waals surface area contributed by atoms with E-state index in [1.807, 2.05) is 6.92 Å². The Morgan fingerprint density at radius 1 is 1.40 bits per heavy atom. The standard InChI is InChI=1S/C16H21N5O3S/c1-3-24-14(23)12-5-9-20(10-6-12)13(22)11(2)25-16-18-15-17-7-4-8-21(15)19-16/h4,7-8,11-12H,3,5-6,9-10H2,1-2H3/t11-/m1/s1. The molecule has 1 amide bonds. The van der Waals surface area contributed by atoms with Gasteiger partial charge in [-0.25, -0.2) is 9.50 Å². The molecule has 2 aromatic heterocycles. The molecule has 0 N–H and O–H groups in total. The first-order valence-electron chi connectivity index (χ1n) is 8.38. The molecule has 1 atom stereocenters. The number of nitrogens with zero attached hydrogens (tertiary/aromatic N) is 5. The summed E-state index contributed by atoms with van der Waals surface area (Å²) in [5.41, 5.74) is 0. The second-order valence-corrected chi connectivity index (χ2v) is 7.18. The molecule has 0 unspecified atom stereocenters. The summed E-state index contributed by atoms with van der Waals surface area (Å²) < 4.78 is 6.65. The number of likely N-dealkylation sites (tertiary alicyclic amines) is 1. The Labute approximate surface area is 150 Å². The fourth-order valence-electron chi connectivity index (χ4n) is 2.82. The van der Waals surface area contributed by atoms with Crippen molar-refractivity contribution in [2.24, 2.45) is 5.92 Å². The molecule has 0 aliphatic carbocycles. The molecule has 1 aliphatic rings. The van der Waals surface area contributed by atoms with E-state index in [2.05, 4.69) is 15.1 Å². The van der Waals surface area contributed by atoms with Crippen LogP contribution in [-0.2, 0) is 14.3 Å². The average molecular weight is 363 g/mol. The van der Waals surface area contributed by atoms with Gasteiger partial charge in [0.2, 0.25) is 11.1 Å². The molecule has 1 aliphatic heterocycles. The van der Waals surface area contributed by atoms with Crippen molar-refractivity contribution < 1.29 is 14.3 Å². The minimum Gasteiger partial charge on any atom is -0.466 e. The van der Waals surface area contributed by atoms with Gasteiger partial charge in [0.05, 0.1) is 17.8 Å². The summed E-state index contributed by atoms with van der Waals surface area (Å²) >= 11 is 1.32. The molecule has 3 heterocycles. The maximum atomic E-state index is 12.6. The molecule has 0 bridgehead atoms. The smallest absolute Gasteiger partial charge is 0.309 e. The van der Waals surface area contributed by atoms with Gasteiger partial charge in [0, 0.05) is 25.5 Å². The maximum absolute atomic E-state index is 12.6. The minimum atomic E-state index is -0.295. The lowest BCUT2D eigenvalue weighted by molar-refractivity contribution is -0.151. The van der Waals surface area contributed by atoms with Crippen LogP contribution in [0, 0.1) is 5.92 Å². The van der Waals surface area contributed by atoms with Crippen LogP contribution in [0.1, 0.15) is 26.7 Å². The monoisotopic (exact) mass is 363 g/mol. The van der Waals surface area contributed by atoms with Gasteiger partial charge in [-0.2, -0.15) is 4.98 Å². The van der Waals surface area contributed by atoms with Crippen LogP contribution in [-0.4, -0.2) is 61.3 Å². The third-order valence-electron chi connectivity index (χ3n) is 4.15. The molecule has 0 spiro atoms. The molecule has 0 aromatic carbocycles. The third-order valence-corrected chi connectivity index (χ3v) is 5.09. The fraction of sp³-hybridized carbons (Fsp3) is 0.562. The topological polar surface area (TPSA) is 89.7 Å². The van der Waals surface area contributed by atoms with Crippen LogP contribution in [0.25, 0.3) is 5.78 Å². The Hall–Kier alpha value is -2.16. The molecular formula is C16H21N5O3S. The Morgan fingerprint density at radius 3 is 2.84 bits per heavy atom. The van der Waals surface area contributed by atoms with E-state index in [9.17, 15) is 9.59 Å². The normalized spacial score (nSPS) is 16.8. The van der Waals surface area contributed by atoms with Crippen LogP contribution in [0.2, 0.25) is 0 Å². The number of esters is 1. The largest absolute Gasteiger partial charge is 0.466 e. The van der Waals surface area contributed by atoms with Crippen molar-refractivity contribution >= 4 is 29.4 Å². The van der Waals surface area contributed by atoms with Crippen LogP contribution in [0.15, 0.2) is 23.6 Å². The number of carbonyl (C=O) groups excluding carboxylic acids is 2. The lowest BCUT2D eigenvalue weighted by Gasteiger charge is -2.32. The summed E-state index contributed by atoms with van der Waals surface area (Å²) in [6.07, 6.45) is 4.73. The van der Waals surface area contributed by atoms with Gasteiger partial charge in [0.15, 0.2) is 0 Å². The van der Waals surface area contributed by atoms with Crippen LogP contribution in [0.5, 0.6) is 0 Å². The average Bonchev–Trinajstić information content (AvgIpc) is 3.03. The predicted octanol–water partition coefficient (Wildman–Crippen LogP) is 1.41. The molecule has 9 heteroatoms. The van der Waals surface area contributed by atoms with Crippen LogP contribution < -0.4 is 0 Å². The number of piperidine rings is 1. The molecule has 134 valence electrons. The molecule has 1 saturated heterocycles. The zero-order valence-corrected chi connectivity index (χ0v) is 15.1. The lowest BCUT2D eigenvalue weighted by Crippen LogP contribution is -2.43. The molecule has 3 rings (SSSR count). The van der Waals surface area contributed by atoms with Gasteiger partial charge in [-0.3, -0.25) is 9.59 Å². The molecule has 0 saturated carbocycles. The molecule has 0 radical (unpaired) electrons. The number of carbonyl (C=O) groups is 2. The summed E-state index contributed by atoms with van der Waals surface area (Å²) in [6, 6.07) is 1.78. The number of aromatic nitrogens is 4. The summed E-state index contributed by atoms with van der Waals surface area (Å²) in [6.45, 7) is 5.20. The Bertz CT molecular complexity index is 724. The first kappa shape index (κ1) is 17.7. The second kappa shape index (κ2) is 7.81. The number of hydrogen-bond acceptors (Lipinski definition) is 7. The molecule has 8 nitrogen and oxygen atoms in total. The Kier molecular flexibility index (Phi) is 5.52. The van der Waals surface area contributed by atoms with E-state index < -0.39 is 0 Å². The molecule has 25 heavy (non-hydrogen) atoms. The quantitative estimate of drug-likeness (QED) is 0.586. The SMILES string of the molecule is CCOC(=O)C1CCN(C(=O)[C@@H](C)Sc2nc3ncccn3n2)CC1. The Morgan fingerprint density at radius 2 is 2.16 bits per heavy atom. The van der Waals surface area contributed by atoms with Gasteiger partial charge in [-0.15, -0.1) is 5.10 Å². The summed E-state index contributed by atoms with van der Waals surface area (Å²) in [5, 5.41) is 4.54. The predicted molar refractivity (Wildman–Crippen MR) is 92.0 cm³/mol. The van der Waals surface area contributed by atoms with Crippen molar-refractivity contribution in [1.29, 1.82) is 0 Å². The van der Waals surface area contributed by atoms with Crippen molar-refractivity contribution in [1.82, 2.24) is 24.5 Å². The zero-order valence-electron chi connectivity index (χ0n) is 14.3. The zero-order chi connectivity index (χ0) is 17.8. The molecule has 2 aromatic rings. The van der Waals surface area contributed by atoms with Gasteiger partial charge in [0.1, 0.15) is 0 Å². The van der Waals surface area contributed by atoms with Gasteiger partial charge < -0.3 is 9.64 Å². The van der Waals surface area contributed by atoms with E-state index >= 15 is 0 Å². The number of thioether (sulfide) groups is 1. The Balaban J connectivity index is 1.55. The van der Waals surface area contributed by atoms with E-state index in [-0.39, 0.29) is 23.0 Å². The highest BCUT2D eigenvalue weighted by atomic mass is 32.2. The van der Waals surface area contributed by atoms with E-state index in [1.165, 1.54) is 11.8 Å². The van der Waals surface area contributed by atoms with E-state index in [4.69, 9.17) is 4.74 Å². The van der Waals surface area contributed by atoms with E-state index in [1.54, 1.807) is 34.8 Å². The minimum absolute atomic E-state index is 0.0409. The number of ether oxygens (including phenoxy) is 1. The first-order valence-corrected chi connectivity index (χ1v) is 9.26. The number of fused-ring (bicyclic) bond motifs is 1. The van der Waals surface area contributed by atoms with Crippen molar-refractivity contribution in [3.63, 3.8) is 0 Å². The first-order chi connectivity index (χ1) is 12.1. The number of hydrogen-bond donors (Lipinski definition) is 0. The van der Waals surface area contributed by atoms with Crippen molar-refractivity contribution in [3.8, 4) is 0 Å². The van der Waals surface area contributed by atoms with Crippen LogP contribution in [0.3, 0.4) is 0 Å². The van der Waals surface area contributed by atoms with Crippen LogP contribution >= 0.6 is 11.8 Å². The number of amides is 1. The van der Waals surface area contributed by atoms with E-state index in [0.717, 1.165) is 0 Å². The summed E-state index contributed by atoms with van der Waals surface area (Å²) in [5.74, 6) is 0.301. The highest BCUT2D eigenvalue weighted by molar-refractivity contribution is 8.00. The highest BCUT2D eigenvalue weighted by Crippen LogP contribution is 2.25. The third kappa shape index (κ3) is 4.09.